The number of nitrogens with zero attached hydrogens (tertiary/aromatic N) is 2. The lowest BCUT2D eigenvalue weighted by Gasteiger charge is -2.23. The molecule has 0 bridgehead atoms. The third-order valence-electron chi connectivity index (χ3n) is 4.01. The van der Waals surface area contributed by atoms with E-state index >= 15 is 0 Å². The summed E-state index contributed by atoms with van der Waals surface area (Å²) in [5.41, 5.74) is 0.0129. The molecule has 0 aliphatic heterocycles. The van der Waals surface area contributed by atoms with E-state index < -0.39 is 17.6 Å². The minimum atomic E-state index is -4.48. The number of fused-ring (bicyclic) bond motifs is 1. The fourth-order valence-corrected chi connectivity index (χ4v) is 3.51. The van der Waals surface area contributed by atoms with Crippen LogP contribution in [-0.2, 0) is 6.18 Å². The van der Waals surface area contributed by atoms with E-state index in [2.05, 4.69) is 4.98 Å². The number of carbonyl (C=O) groups excluding carboxylic acids is 1. The Morgan fingerprint density at radius 2 is 1.88 bits per heavy atom. The SMILES string of the molecule is C[C@H](c1nc2ccccc2s1)N(C)C(=O)c1cccc(C(F)(F)F)c1. The smallest absolute Gasteiger partial charge is 0.333 e. The first-order valence-corrected chi connectivity index (χ1v) is 8.39. The minimum absolute atomic E-state index is 0.00489. The maximum Gasteiger partial charge on any atom is 0.416 e. The van der Waals surface area contributed by atoms with E-state index in [-0.39, 0.29) is 11.6 Å². The predicted octanol–water partition coefficient (Wildman–Crippen LogP) is 5.15. The Labute approximate surface area is 146 Å². The maximum absolute atomic E-state index is 12.8. The molecule has 0 N–H and O–H groups in total. The van der Waals surface area contributed by atoms with Gasteiger partial charge in [-0.1, -0.05) is 18.2 Å². The molecule has 3 aromatic rings. The molecule has 1 atom stereocenters. The third kappa shape index (κ3) is 3.51. The molecule has 1 amide bonds. The van der Waals surface area contributed by atoms with Crippen LogP contribution in [-0.4, -0.2) is 22.8 Å². The van der Waals surface area contributed by atoms with Crippen LogP contribution in [0.25, 0.3) is 10.2 Å². The standard InChI is InChI=1S/C18H15F3N2OS/c1-11(16-22-14-8-3-4-9-15(14)25-16)23(2)17(24)12-6-5-7-13(10-12)18(19,20)21/h3-11H,1-2H3/t11-/m1/s1. The lowest BCUT2D eigenvalue weighted by molar-refractivity contribution is -0.137. The van der Waals surface area contributed by atoms with Gasteiger partial charge in [0.25, 0.3) is 5.91 Å². The molecule has 0 aliphatic rings. The van der Waals surface area contributed by atoms with Gasteiger partial charge < -0.3 is 4.90 Å². The Morgan fingerprint density at radius 3 is 2.56 bits per heavy atom. The van der Waals surface area contributed by atoms with E-state index in [1.165, 1.54) is 28.4 Å². The summed E-state index contributed by atoms with van der Waals surface area (Å²) in [5.74, 6) is -0.474. The largest absolute Gasteiger partial charge is 0.416 e. The molecule has 0 radical (unpaired) electrons. The van der Waals surface area contributed by atoms with Crippen LogP contribution in [0.4, 0.5) is 13.2 Å². The monoisotopic (exact) mass is 364 g/mol. The van der Waals surface area contributed by atoms with Gasteiger partial charge in [-0.2, -0.15) is 13.2 Å². The summed E-state index contributed by atoms with van der Waals surface area (Å²) in [4.78, 5) is 18.5. The van der Waals surface area contributed by atoms with Gasteiger partial charge in [0.1, 0.15) is 5.01 Å². The zero-order chi connectivity index (χ0) is 18.2. The van der Waals surface area contributed by atoms with Gasteiger partial charge in [0, 0.05) is 12.6 Å². The molecule has 1 heterocycles. The van der Waals surface area contributed by atoms with E-state index in [1.54, 1.807) is 7.05 Å². The molecule has 2 aromatic carbocycles. The van der Waals surface area contributed by atoms with Gasteiger partial charge in [-0.3, -0.25) is 4.79 Å². The second kappa shape index (κ2) is 6.48. The Balaban J connectivity index is 1.86. The number of hydrogen-bond donors (Lipinski definition) is 0. The fourth-order valence-electron chi connectivity index (χ4n) is 2.44. The second-order valence-electron chi connectivity index (χ2n) is 5.69. The zero-order valence-electron chi connectivity index (χ0n) is 13.5. The van der Waals surface area contributed by atoms with E-state index in [1.807, 2.05) is 31.2 Å². The Bertz CT molecular complexity index is 887. The van der Waals surface area contributed by atoms with E-state index in [0.29, 0.717) is 0 Å². The van der Waals surface area contributed by atoms with E-state index in [0.717, 1.165) is 27.4 Å². The molecule has 3 nitrogen and oxygen atoms in total. The van der Waals surface area contributed by atoms with Crippen molar-refractivity contribution in [2.45, 2.75) is 19.1 Å². The van der Waals surface area contributed by atoms with Crippen molar-refractivity contribution < 1.29 is 18.0 Å². The van der Waals surface area contributed by atoms with Crippen LogP contribution in [0, 0.1) is 0 Å². The number of benzene rings is 2. The van der Waals surface area contributed by atoms with Gasteiger partial charge in [0.05, 0.1) is 21.8 Å². The molecule has 0 aliphatic carbocycles. The molecule has 0 saturated heterocycles. The number of halogens is 3. The number of amides is 1. The average molecular weight is 364 g/mol. The Hall–Kier alpha value is -2.41. The summed E-state index contributed by atoms with van der Waals surface area (Å²) in [6, 6.07) is 11.7. The first kappa shape index (κ1) is 17.4. The van der Waals surface area contributed by atoms with Crippen LogP contribution < -0.4 is 0 Å². The molecule has 0 fully saturated rings. The van der Waals surface area contributed by atoms with Crippen LogP contribution in [0.2, 0.25) is 0 Å². The zero-order valence-corrected chi connectivity index (χ0v) is 14.4. The fraction of sp³-hybridized carbons (Fsp3) is 0.222. The number of alkyl halides is 3. The normalized spacial score (nSPS) is 13.0. The first-order valence-electron chi connectivity index (χ1n) is 7.57. The van der Waals surface area contributed by atoms with Crippen LogP contribution >= 0.6 is 11.3 Å². The summed E-state index contributed by atoms with van der Waals surface area (Å²) in [6.45, 7) is 1.81. The quantitative estimate of drug-likeness (QED) is 0.644. The van der Waals surface area contributed by atoms with Crippen molar-refractivity contribution in [2.24, 2.45) is 0 Å². The highest BCUT2D eigenvalue weighted by atomic mass is 32.1. The van der Waals surface area contributed by atoms with Crippen LogP contribution in [0.5, 0.6) is 0 Å². The summed E-state index contributed by atoms with van der Waals surface area (Å²) >= 11 is 1.47. The van der Waals surface area contributed by atoms with Crippen molar-refractivity contribution in [3.05, 3.63) is 64.7 Å². The predicted molar refractivity (Wildman–Crippen MR) is 91.6 cm³/mol. The summed E-state index contributed by atoms with van der Waals surface area (Å²) in [6.07, 6.45) is -4.48. The number of rotatable bonds is 3. The third-order valence-corrected chi connectivity index (χ3v) is 5.21. The molecule has 25 heavy (non-hydrogen) atoms. The number of thiazole rings is 1. The van der Waals surface area contributed by atoms with Crippen LogP contribution in [0.15, 0.2) is 48.5 Å². The maximum atomic E-state index is 12.8. The molecule has 0 unspecified atom stereocenters. The number of hydrogen-bond acceptors (Lipinski definition) is 3. The molecule has 0 saturated carbocycles. The highest BCUT2D eigenvalue weighted by Crippen LogP contribution is 2.32. The second-order valence-corrected chi connectivity index (χ2v) is 6.75. The van der Waals surface area contributed by atoms with Gasteiger partial charge >= 0.3 is 6.18 Å². The summed E-state index contributed by atoms with van der Waals surface area (Å²) in [5, 5.41) is 0.740. The number of aromatic nitrogens is 1. The Kier molecular flexibility index (Phi) is 4.51. The number of para-hydroxylation sites is 1. The van der Waals surface area contributed by atoms with Crippen LogP contribution in [0.1, 0.15) is 33.9 Å². The molecule has 3 rings (SSSR count). The van der Waals surface area contributed by atoms with Crippen molar-refractivity contribution in [1.29, 1.82) is 0 Å². The minimum Gasteiger partial charge on any atom is -0.333 e. The van der Waals surface area contributed by atoms with Crippen LogP contribution in [0.3, 0.4) is 0 Å². The summed E-state index contributed by atoms with van der Waals surface area (Å²) in [7, 11) is 1.57. The molecular weight excluding hydrogens is 349 g/mol. The highest BCUT2D eigenvalue weighted by molar-refractivity contribution is 7.18. The average Bonchev–Trinajstić information content (AvgIpc) is 3.03. The molecular formula is C18H15F3N2OS. The lowest BCUT2D eigenvalue weighted by atomic mass is 10.1. The molecule has 130 valence electrons. The first-order chi connectivity index (χ1) is 11.8. The Morgan fingerprint density at radius 1 is 1.16 bits per heavy atom. The van der Waals surface area contributed by atoms with Gasteiger partial charge in [-0.15, -0.1) is 11.3 Å². The highest BCUT2D eigenvalue weighted by Gasteiger charge is 2.31. The van der Waals surface area contributed by atoms with E-state index in [9.17, 15) is 18.0 Å². The van der Waals surface area contributed by atoms with Crippen molar-refractivity contribution >= 4 is 27.5 Å². The van der Waals surface area contributed by atoms with Crippen molar-refractivity contribution in [1.82, 2.24) is 9.88 Å². The van der Waals surface area contributed by atoms with Gasteiger partial charge in [-0.25, -0.2) is 4.98 Å². The lowest BCUT2D eigenvalue weighted by Crippen LogP contribution is -2.29. The van der Waals surface area contributed by atoms with Gasteiger partial charge in [0.15, 0.2) is 0 Å². The van der Waals surface area contributed by atoms with Crippen molar-refractivity contribution in [3.63, 3.8) is 0 Å². The molecule has 0 spiro atoms. The van der Waals surface area contributed by atoms with Crippen molar-refractivity contribution in [3.8, 4) is 0 Å². The van der Waals surface area contributed by atoms with Gasteiger partial charge in [-0.05, 0) is 37.3 Å². The topological polar surface area (TPSA) is 33.2 Å². The molecule has 1 aromatic heterocycles. The summed E-state index contributed by atoms with van der Waals surface area (Å²) < 4.78 is 39.5. The number of carbonyl (C=O) groups is 1. The van der Waals surface area contributed by atoms with Crippen molar-refractivity contribution in [2.75, 3.05) is 7.05 Å². The van der Waals surface area contributed by atoms with Gasteiger partial charge in [0.2, 0.25) is 0 Å². The van der Waals surface area contributed by atoms with E-state index in [4.69, 9.17) is 0 Å². The molecule has 7 heteroatoms.